The highest BCUT2D eigenvalue weighted by atomic mass is 16.5. The molecular weight excluding hydrogens is 328 g/mol. The van der Waals surface area contributed by atoms with Crippen molar-refractivity contribution >= 4 is 16.9 Å². The zero-order chi connectivity index (χ0) is 18.1. The molecule has 2 aromatic heterocycles. The van der Waals surface area contributed by atoms with Gasteiger partial charge in [-0.15, -0.1) is 0 Å². The van der Waals surface area contributed by atoms with Gasteiger partial charge in [-0.25, -0.2) is 0 Å². The van der Waals surface area contributed by atoms with Gasteiger partial charge in [0, 0.05) is 23.4 Å². The Kier molecular flexibility index (Phi) is 3.89. The molecule has 2 heterocycles. The molecule has 0 aliphatic rings. The van der Waals surface area contributed by atoms with E-state index in [-0.39, 0.29) is 0 Å². The van der Waals surface area contributed by atoms with Crippen LogP contribution in [0.5, 0.6) is 11.5 Å². The lowest BCUT2D eigenvalue weighted by atomic mass is 10.0. The normalized spacial score (nSPS) is 10.8. The molecule has 1 amide bonds. The molecule has 5 heteroatoms. The molecule has 4 rings (SSSR count). The van der Waals surface area contributed by atoms with Gasteiger partial charge in [0.05, 0.1) is 17.3 Å². The Morgan fingerprint density at radius 2 is 2.00 bits per heavy atom. The van der Waals surface area contributed by atoms with Crippen LogP contribution in [0.15, 0.2) is 71.5 Å². The van der Waals surface area contributed by atoms with Gasteiger partial charge in [-0.1, -0.05) is 12.1 Å². The maximum Gasteiger partial charge on any atom is 0.248 e. The van der Waals surface area contributed by atoms with Crippen LogP contribution in [0.25, 0.3) is 22.2 Å². The van der Waals surface area contributed by atoms with Gasteiger partial charge in [-0.3, -0.25) is 9.78 Å². The van der Waals surface area contributed by atoms with Crippen molar-refractivity contribution in [2.24, 2.45) is 5.73 Å². The summed E-state index contributed by atoms with van der Waals surface area (Å²) in [5.41, 5.74) is 9.10. The fraction of sp³-hybridized carbons (Fsp3) is 0.0476. The first-order valence-corrected chi connectivity index (χ1v) is 8.13. The van der Waals surface area contributed by atoms with E-state index in [0.29, 0.717) is 17.1 Å². The van der Waals surface area contributed by atoms with E-state index in [1.165, 1.54) is 0 Å². The van der Waals surface area contributed by atoms with Gasteiger partial charge < -0.3 is 14.9 Å². The summed E-state index contributed by atoms with van der Waals surface area (Å²) in [4.78, 5) is 15.8. The number of furan rings is 1. The van der Waals surface area contributed by atoms with E-state index >= 15 is 0 Å². The number of pyridine rings is 1. The van der Waals surface area contributed by atoms with E-state index in [9.17, 15) is 4.79 Å². The van der Waals surface area contributed by atoms with E-state index < -0.39 is 5.91 Å². The monoisotopic (exact) mass is 344 g/mol. The number of hydrogen-bond acceptors (Lipinski definition) is 4. The van der Waals surface area contributed by atoms with Crippen LogP contribution in [0.2, 0.25) is 0 Å². The van der Waals surface area contributed by atoms with Gasteiger partial charge in [0.15, 0.2) is 0 Å². The summed E-state index contributed by atoms with van der Waals surface area (Å²) in [5.74, 6) is 0.946. The van der Waals surface area contributed by atoms with Crippen LogP contribution >= 0.6 is 0 Å². The van der Waals surface area contributed by atoms with Crippen molar-refractivity contribution in [2.45, 2.75) is 6.92 Å². The Labute approximate surface area is 150 Å². The number of amides is 1. The van der Waals surface area contributed by atoms with Crippen molar-refractivity contribution in [2.75, 3.05) is 0 Å². The maximum absolute atomic E-state index is 11.4. The third kappa shape index (κ3) is 2.91. The first-order valence-electron chi connectivity index (χ1n) is 8.13. The highest BCUT2D eigenvalue weighted by Gasteiger charge is 2.10. The van der Waals surface area contributed by atoms with E-state index in [1.807, 2.05) is 49.4 Å². The quantitative estimate of drug-likeness (QED) is 0.582. The number of ether oxygens (including phenoxy) is 1. The molecule has 0 radical (unpaired) electrons. The number of hydrogen-bond donors (Lipinski definition) is 1. The number of nitrogens with two attached hydrogens (primary N) is 1. The molecule has 5 nitrogen and oxygen atoms in total. The minimum atomic E-state index is -0.438. The van der Waals surface area contributed by atoms with Gasteiger partial charge in [0.2, 0.25) is 5.91 Å². The smallest absolute Gasteiger partial charge is 0.248 e. The number of benzene rings is 2. The van der Waals surface area contributed by atoms with Crippen LogP contribution in [0, 0.1) is 6.92 Å². The predicted octanol–water partition coefficient (Wildman–Crippen LogP) is 4.69. The summed E-state index contributed by atoms with van der Waals surface area (Å²) in [6.07, 6.45) is 3.33. The van der Waals surface area contributed by atoms with Crippen LogP contribution in [0.3, 0.4) is 0 Å². The molecule has 0 fully saturated rings. The Morgan fingerprint density at radius 1 is 1.12 bits per heavy atom. The first-order chi connectivity index (χ1) is 12.6. The lowest BCUT2D eigenvalue weighted by molar-refractivity contribution is 0.0999. The van der Waals surface area contributed by atoms with Gasteiger partial charge in [-0.2, -0.15) is 0 Å². The number of carbonyl (C=O) groups excluding carboxylic acids is 1. The molecule has 0 saturated heterocycles. The topological polar surface area (TPSA) is 78.3 Å². The molecule has 0 saturated carbocycles. The molecule has 26 heavy (non-hydrogen) atoms. The van der Waals surface area contributed by atoms with Crippen molar-refractivity contribution in [3.63, 3.8) is 0 Å². The summed E-state index contributed by atoms with van der Waals surface area (Å²) in [7, 11) is 0. The van der Waals surface area contributed by atoms with Gasteiger partial charge >= 0.3 is 0 Å². The van der Waals surface area contributed by atoms with Crippen LogP contribution in [-0.2, 0) is 0 Å². The Hall–Kier alpha value is -3.60. The number of aryl methyl sites for hydroxylation is 1. The van der Waals surface area contributed by atoms with E-state index in [4.69, 9.17) is 14.9 Å². The molecule has 128 valence electrons. The number of fused-ring (bicyclic) bond motifs is 1. The number of primary amides is 1. The fourth-order valence-electron chi connectivity index (χ4n) is 2.91. The second-order valence-electron chi connectivity index (χ2n) is 5.96. The molecule has 0 aliphatic heterocycles. The number of rotatable bonds is 4. The van der Waals surface area contributed by atoms with E-state index in [0.717, 1.165) is 27.8 Å². The summed E-state index contributed by atoms with van der Waals surface area (Å²) in [6, 6.07) is 16.6. The second-order valence-corrected chi connectivity index (χ2v) is 5.96. The van der Waals surface area contributed by atoms with E-state index in [2.05, 4.69) is 4.98 Å². The molecular formula is C21H16N2O3. The Morgan fingerprint density at radius 3 is 2.81 bits per heavy atom. The molecule has 4 aromatic rings. The highest BCUT2D eigenvalue weighted by molar-refractivity contribution is 5.94. The second kappa shape index (κ2) is 6.37. The zero-order valence-electron chi connectivity index (χ0n) is 14.1. The summed E-state index contributed by atoms with van der Waals surface area (Å²) in [5, 5.41) is 0.910. The number of aromatic nitrogens is 1. The Balaban J connectivity index is 1.68. The highest BCUT2D eigenvalue weighted by Crippen LogP contribution is 2.32. The van der Waals surface area contributed by atoms with Crippen molar-refractivity contribution in [1.29, 1.82) is 0 Å². The van der Waals surface area contributed by atoms with E-state index in [1.54, 1.807) is 24.6 Å². The number of carbonyl (C=O) groups is 1. The molecule has 2 N–H and O–H groups in total. The lowest BCUT2D eigenvalue weighted by Gasteiger charge is -2.09. The predicted molar refractivity (Wildman–Crippen MR) is 99.2 cm³/mol. The maximum atomic E-state index is 11.4. The van der Waals surface area contributed by atoms with Crippen molar-refractivity contribution in [3.8, 4) is 22.8 Å². The van der Waals surface area contributed by atoms with Crippen molar-refractivity contribution in [1.82, 2.24) is 4.98 Å². The molecule has 0 spiro atoms. The first kappa shape index (κ1) is 15.9. The van der Waals surface area contributed by atoms with Crippen LogP contribution < -0.4 is 10.5 Å². The summed E-state index contributed by atoms with van der Waals surface area (Å²) < 4.78 is 11.4. The molecule has 0 unspecified atom stereocenters. The standard InChI is InChI=1S/C21H16N2O3/c1-13-11-14(5-6-16(13)21(22)24)18-12-15(7-9-23-18)26-20-4-2-3-19-17(20)8-10-25-19/h2-12H,1H3,(H2,22,24). The Bertz CT molecular complexity index is 1120. The van der Waals surface area contributed by atoms with Crippen molar-refractivity contribution in [3.05, 3.63) is 78.2 Å². The largest absolute Gasteiger partial charge is 0.464 e. The average Bonchev–Trinajstić information content (AvgIpc) is 3.11. The van der Waals surface area contributed by atoms with Crippen LogP contribution in [0.1, 0.15) is 15.9 Å². The number of nitrogens with zero attached hydrogens (tertiary/aromatic N) is 1. The lowest BCUT2D eigenvalue weighted by Crippen LogP contribution is -2.12. The minimum absolute atomic E-state index is 0.438. The SMILES string of the molecule is Cc1cc(-c2cc(Oc3cccc4occc34)ccn2)ccc1C(N)=O. The van der Waals surface area contributed by atoms with Crippen molar-refractivity contribution < 1.29 is 13.9 Å². The van der Waals surface area contributed by atoms with Gasteiger partial charge in [-0.05, 0) is 48.9 Å². The van der Waals surface area contributed by atoms with Gasteiger partial charge in [0.25, 0.3) is 0 Å². The average molecular weight is 344 g/mol. The summed E-state index contributed by atoms with van der Waals surface area (Å²) >= 11 is 0. The van der Waals surface area contributed by atoms with Crippen LogP contribution in [-0.4, -0.2) is 10.9 Å². The summed E-state index contributed by atoms with van der Waals surface area (Å²) in [6.45, 7) is 1.85. The molecule has 0 aliphatic carbocycles. The molecule has 0 bridgehead atoms. The molecule has 0 atom stereocenters. The van der Waals surface area contributed by atoms with Crippen LogP contribution in [0.4, 0.5) is 0 Å². The zero-order valence-corrected chi connectivity index (χ0v) is 14.1. The van der Waals surface area contributed by atoms with Gasteiger partial charge in [0.1, 0.15) is 17.1 Å². The minimum Gasteiger partial charge on any atom is -0.464 e. The molecule has 2 aromatic carbocycles. The third-order valence-electron chi connectivity index (χ3n) is 4.20. The fourth-order valence-corrected chi connectivity index (χ4v) is 2.91. The third-order valence-corrected chi connectivity index (χ3v) is 4.20.